The van der Waals surface area contributed by atoms with Crippen LogP contribution in [-0.4, -0.2) is 41.0 Å². The Morgan fingerprint density at radius 3 is 0.833 bits per heavy atom. The fourth-order valence-electron chi connectivity index (χ4n) is 0. The summed E-state index contributed by atoms with van der Waals surface area (Å²) in [6, 6.07) is 0. The first kappa shape index (κ1) is 6.61. The Morgan fingerprint density at radius 1 is 0.667 bits per heavy atom. The van der Waals surface area contributed by atoms with Crippen LogP contribution in [0, 0.1) is 0 Å². The minimum atomic E-state index is 0.864. The summed E-state index contributed by atoms with van der Waals surface area (Å²) in [6.45, 7) is 0. The Bertz CT molecular complexity index is 55.6. The molecule has 0 saturated carbocycles. The van der Waals surface area contributed by atoms with E-state index >= 15 is 0 Å². The molecule has 0 N–H and O–H groups in total. The maximum absolute atomic E-state index is 3.18. The summed E-state index contributed by atoms with van der Waals surface area (Å²) in [5.41, 5.74) is 0. The van der Waals surface area contributed by atoms with Gasteiger partial charge >= 0.3 is 0 Å². The summed E-state index contributed by atoms with van der Waals surface area (Å²) in [5.74, 6) is 0. The van der Waals surface area contributed by atoms with Crippen LogP contribution in [0.5, 0.6) is 0 Å². The van der Waals surface area contributed by atoms with Crippen molar-refractivity contribution in [2.24, 2.45) is 0 Å². The molecule has 0 bridgehead atoms. The first-order valence-corrected chi connectivity index (χ1v) is 3.25. The molecule has 0 aromatic heterocycles. The molecule has 0 amide bonds. The van der Waals surface area contributed by atoms with Crippen LogP contribution in [0.1, 0.15) is 0 Å². The molecule has 0 heterocycles. The van der Waals surface area contributed by atoms with Crippen molar-refractivity contribution in [3.63, 3.8) is 0 Å². The molecule has 0 nitrogen and oxygen atoms in total. The van der Waals surface area contributed by atoms with Gasteiger partial charge in [-0.1, -0.05) is 0 Å². The summed E-state index contributed by atoms with van der Waals surface area (Å²) >= 11 is 0. The Balaban J connectivity index is 3.68. The standard InChI is InChI=1S/C2Si4/c3-1(4)2(5)6. The van der Waals surface area contributed by atoms with E-state index in [1.165, 1.54) is 0 Å². The minimum absolute atomic E-state index is 0.864. The van der Waals surface area contributed by atoms with Crippen LogP contribution in [0.4, 0.5) is 0 Å². The van der Waals surface area contributed by atoms with Gasteiger partial charge in [0.05, 0.1) is 41.0 Å². The highest BCUT2D eigenvalue weighted by molar-refractivity contribution is 6.60. The van der Waals surface area contributed by atoms with Crippen LogP contribution in [0.15, 0.2) is 9.64 Å². The molecule has 0 unspecified atom stereocenters. The Labute approximate surface area is 51.1 Å². The van der Waals surface area contributed by atoms with Crippen LogP contribution in [-0.2, 0) is 0 Å². The van der Waals surface area contributed by atoms with E-state index in [4.69, 9.17) is 0 Å². The lowest BCUT2D eigenvalue weighted by Crippen LogP contribution is -1.88. The Morgan fingerprint density at radius 2 is 0.833 bits per heavy atom. The largest absolute Gasteiger partial charge is 0.113 e. The third-order valence-corrected chi connectivity index (χ3v) is 2.25. The normalized spacial score (nSPS) is 8.00. The van der Waals surface area contributed by atoms with Crippen molar-refractivity contribution in [2.75, 3.05) is 0 Å². The molecule has 0 aliphatic carbocycles. The molecule has 0 spiro atoms. The fraction of sp³-hybridized carbons (Fsp3) is 0. The first-order chi connectivity index (χ1) is 2.64. The molecule has 12 radical (unpaired) electrons. The second-order valence-electron chi connectivity index (χ2n) is 0.750. The van der Waals surface area contributed by atoms with Gasteiger partial charge in [-0.25, -0.2) is 0 Å². The van der Waals surface area contributed by atoms with E-state index in [2.05, 4.69) is 41.0 Å². The van der Waals surface area contributed by atoms with Gasteiger partial charge in [-0.2, -0.15) is 0 Å². The first-order valence-electron chi connectivity index (χ1n) is 1.25. The molecule has 0 aromatic carbocycles. The number of hydrogen-bond acceptors (Lipinski definition) is 0. The number of hydrogen-bond donors (Lipinski definition) is 0. The van der Waals surface area contributed by atoms with Gasteiger partial charge in [-0.05, 0) is 0 Å². The van der Waals surface area contributed by atoms with Crippen LogP contribution in [0.2, 0.25) is 0 Å². The van der Waals surface area contributed by atoms with Gasteiger partial charge in [-0.3, -0.25) is 0 Å². The summed E-state index contributed by atoms with van der Waals surface area (Å²) < 4.78 is 0. The molecule has 0 aromatic rings. The quantitative estimate of drug-likeness (QED) is 0.367. The molecule has 0 saturated heterocycles. The fourth-order valence-corrected chi connectivity index (χ4v) is 0. The molecule has 4 heteroatoms. The van der Waals surface area contributed by atoms with E-state index in [9.17, 15) is 0 Å². The molecule has 6 heavy (non-hydrogen) atoms. The average Bonchev–Trinajstić information content (AvgIpc) is 1.36. The summed E-state index contributed by atoms with van der Waals surface area (Å²) in [6.07, 6.45) is 0. The van der Waals surface area contributed by atoms with Crippen molar-refractivity contribution in [3.05, 3.63) is 9.64 Å². The van der Waals surface area contributed by atoms with E-state index in [0.717, 1.165) is 9.64 Å². The second kappa shape index (κ2) is 2.73. The van der Waals surface area contributed by atoms with Crippen molar-refractivity contribution in [1.29, 1.82) is 0 Å². The van der Waals surface area contributed by atoms with E-state index in [-0.39, 0.29) is 0 Å². The third kappa shape index (κ3) is 2.82. The van der Waals surface area contributed by atoms with Crippen LogP contribution >= 0.6 is 0 Å². The van der Waals surface area contributed by atoms with Crippen molar-refractivity contribution in [2.45, 2.75) is 0 Å². The highest BCUT2D eigenvalue weighted by Gasteiger charge is 1.77. The maximum atomic E-state index is 3.18. The van der Waals surface area contributed by atoms with Gasteiger partial charge in [-0.15, -0.1) is 9.64 Å². The second-order valence-corrected chi connectivity index (χ2v) is 3.75. The number of rotatable bonds is 0. The zero-order valence-corrected chi connectivity index (χ0v) is 7.00. The van der Waals surface area contributed by atoms with Gasteiger partial charge in [0.15, 0.2) is 0 Å². The molecule has 0 fully saturated rings. The maximum Gasteiger partial charge on any atom is 0.0567 e. The molecule has 0 aliphatic heterocycles. The average molecular weight is 136 g/mol. The topological polar surface area (TPSA) is 0 Å². The van der Waals surface area contributed by atoms with Gasteiger partial charge in [0.1, 0.15) is 0 Å². The van der Waals surface area contributed by atoms with Gasteiger partial charge < -0.3 is 0 Å². The summed E-state index contributed by atoms with van der Waals surface area (Å²) in [4.78, 5) is 1.73. The molecule has 24 valence electrons. The minimum Gasteiger partial charge on any atom is -0.113 e. The Kier molecular flexibility index (Phi) is 3.00. The molecular weight excluding hydrogens is 136 g/mol. The van der Waals surface area contributed by atoms with Crippen LogP contribution < -0.4 is 0 Å². The van der Waals surface area contributed by atoms with Gasteiger partial charge in [0.2, 0.25) is 0 Å². The molecular formula is C2Si4. The van der Waals surface area contributed by atoms with E-state index in [1.54, 1.807) is 0 Å². The monoisotopic (exact) mass is 136 g/mol. The van der Waals surface area contributed by atoms with Crippen molar-refractivity contribution in [1.82, 2.24) is 0 Å². The van der Waals surface area contributed by atoms with E-state index < -0.39 is 0 Å². The van der Waals surface area contributed by atoms with Crippen molar-refractivity contribution < 1.29 is 0 Å². The summed E-state index contributed by atoms with van der Waals surface area (Å²) in [7, 11) is 12.7. The zero-order chi connectivity index (χ0) is 5.15. The Hall–Kier alpha value is 0.608. The summed E-state index contributed by atoms with van der Waals surface area (Å²) in [5, 5.41) is 0. The van der Waals surface area contributed by atoms with E-state index in [1.807, 2.05) is 0 Å². The van der Waals surface area contributed by atoms with E-state index in [0.29, 0.717) is 0 Å². The van der Waals surface area contributed by atoms with Crippen LogP contribution in [0.25, 0.3) is 0 Å². The molecule has 0 atom stereocenters. The lowest BCUT2D eigenvalue weighted by atomic mass is 11.2. The lowest BCUT2D eigenvalue weighted by molar-refractivity contribution is 2.24. The third-order valence-electron chi connectivity index (χ3n) is 0.250. The smallest absolute Gasteiger partial charge is 0.0567 e. The predicted molar refractivity (Wildman–Crippen MR) is 30.0 cm³/mol. The predicted octanol–water partition coefficient (Wildman–Crippen LogP) is -1.21. The van der Waals surface area contributed by atoms with Crippen molar-refractivity contribution in [3.8, 4) is 0 Å². The van der Waals surface area contributed by atoms with Crippen molar-refractivity contribution >= 4 is 41.0 Å². The van der Waals surface area contributed by atoms with Crippen LogP contribution in [0.3, 0.4) is 0 Å². The molecule has 0 aliphatic rings. The lowest BCUT2D eigenvalue weighted by Gasteiger charge is -1.86. The molecule has 0 rings (SSSR count). The highest BCUT2D eigenvalue weighted by atomic mass is 28.2. The zero-order valence-electron chi connectivity index (χ0n) is 3.00. The van der Waals surface area contributed by atoms with Gasteiger partial charge in [0.25, 0.3) is 0 Å². The SMILES string of the molecule is [Si]C([Si])=C([Si])[Si]. The highest BCUT2D eigenvalue weighted by Crippen LogP contribution is 1.79. The van der Waals surface area contributed by atoms with Gasteiger partial charge in [0, 0.05) is 0 Å².